The number of esters is 1. The highest BCUT2D eigenvalue weighted by atomic mass is 16.7. The molecule has 2 bridgehead atoms. The van der Waals surface area contributed by atoms with Gasteiger partial charge in [-0.15, -0.1) is 0 Å². The van der Waals surface area contributed by atoms with E-state index in [1.807, 2.05) is 32.9 Å². The molecule has 4 rings (SSSR count). The van der Waals surface area contributed by atoms with Crippen LogP contribution in [0.3, 0.4) is 0 Å². The molecule has 312 valence electrons. The van der Waals surface area contributed by atoms with Gasteiger partial charge in [-0.2, -0.15) is 0 Å². The molecule has 3 aliphatic heterocycles. The molecule has 1 aliphatic carbocycles. The third kappa shape index (κ3) is 10.7. The Hall–Kier alpha value is -2.52. The van der Waals surface area contributed by atoms with Crippen molar-refractivity contribution in [3.8, 4) is 0 Å². The Bertz CT molecular complexity index is 1410. The van der Waals surface area contributed by atoms with Crippen LogP contribution in [0.5, 0.6) is 0 Å². The number of rotatable bonds is 5. The topological polar surface area (TPSA) is 178 Å². The van der Waals surface area contributed by atoms with E-state index in [-0.39, 0.29) is 49.5 Å². The molecule has 3 fully saturated rings. The molecule has 2 saturated heterocycles. The summed E-state index contributed by atoms with van der Waals surface area (Å²) < 4.78 is 29.6. The number of allylic oxidation sites excluding steroid dienone is 3. The van der Waals surface area contributed by atoms with Gasteiger partial charge in [0.05, 0.1) is 30.5 Å². The quantitative estimate of drug-likeness (QED) is 0.207. The van der Waals surface area contributed by atoms with Crippen molar-refractivity contribution in [2.75, 3.05) is 27.9 Å². The molecular formula is C42H67NO12. The molecule has 0 aromatic carbocycles. The first kappa shape index (κ1) is 45.2. The number of piperidine rings is 1. The lowest BCUT2D eigenvalue weighted by atomic mass is 9.82. The van der Waals surface area contributed by atoms with Gasteiger partial charge in [0.15, 0.2) is 0 Å². The molecule has 4 aliphatic rings. The third-order valence-electron chi connectivity index (χ3n) is 12.6. The summed E-state index contributed by atoms with van der Waals surface area (Å²) in [5, 5.41) is 33.9. The Labute approximate surface area is 327 Å². The second-order valence-corrected chi connectivity index (χ2v) is 16.9. The number of carbonyl (C=O) groups is 4. The number of nitrogens with zero attached hydrogens (tertiary/aromatic N) is 1. The molecule has 14 unspecified atom stereocenters. The van der Waals surface area contributed by atoms with Crippen molar-refractivity contribution >= 4 is 23.4 Å². The molecule has 13 nitrogen and oxygen atoms in total. The number of Topliss-reactive ketones (excluding diaryl/α,β-unsaturated/α-hetero) is 2. The fourth-order valence-electron chi connectivity index (χ4n) is 9.16. The summed E-state index contributed by atoms with van der Waals surface area (Å²) in [7, 11) is 4.62. The predicted molar refractivity (Wildman–Crippen MR) is 203 cm³/mol. The smallest absolute Gasteiger partial charge is 0.329 e. The first-order chi connectivity index (χ1) is 25.9. The molecule has 3 N–H and O–H groups in total. The molecule has 0 radical (unpaired) electrons. The first-order valence-electron chi connectivity index (χ1n) is 20.2. The van der Waals surface area contributed by atoms with Crippen molar-refractivity contribution in [2.24, 2.45) is 29.6 Å². The Morgan fingerprint density at radius 2 is 1.53 bits per heavy atom. The zero-order chi connectivity index (χ0) is 40.8. The van der Waals surface area contributed by atoms with Crippen molar-refractivity contribution in [3.05, 3.63) is 23.3 Å². The Morgan fingerprint density at radius 3 is 2.18 bits per heavy atom. The fourth-order valence-corrected chi connectivity index (χ4v) is 9.16. The molecule has 13 heteroatoms. The van der Waals surface area contributed by atoms with Gasteiger partial charge in [-0.3, -0.25) is 14.4 Å². The van der Waals surface area contributed by atoms with Gasteiger partial charge in [0.25, 0.3) is 11.7 Å². The normalized spacial score (nSPS) is 42.1. The summed E-state index contributed by atoms with van der Waals surface area (Å²) in [4.78, 5) is 57.3. The summed E-state index contributed by atoms with van der Waals surface area (Å²) in [5.41, 5.74) is 1.64. The lowest BCUT2D eigenvalue weighted by Crippen LogP contribution is -2.64. The Morgan fingerprint density at radius 1 is 0.873 bits per heavy atom. The van der Waals surface area contributed by atoms with Crippen LogP contribution in [0.2, 0.25) is 0 Å². The van der Waals surface area contributed by atoms with Gasteiger partial charge < -0.3 is 43.9 Å². The van der Waals surface area contributed by atoms with Crippen LogP contribution in [0.25, 0.3) is 0 Å². The summed E-state index contributed by atoms with van der Waals surface area (Å²) >= 11 is 0. The fraction of sp³-hybridized carbons (Fsp3) is 0.810. The van der Waals surface area contributed by atoms with E-state index in [9.17, 15) is 34.5 Å². The number of hydrogen-bond acceptors (Lipinski definition) is 12. The third-order valence-corrected chi connectivity index (χ3v) is 12.6. The van der Waals surface area contributed by atoms with E-state index >= 15 is 0 Å². The van der Waals surface area contributed by atoms with Crippen molar-refractivity contribution in [1.82, 2.24) is 4.90 Å². The number of fused-ring (bicyclic) bond motifs is 3. The molecule has 1 saturated carbocycles. The molecule has 0 aromatic heterocycles. The van der Waals surface area contributed by atoms with E-state index in [0.717, 1.165) is 5.57 Å². The zero-order valence-electron chi connectivity index (χ0n) is 34.4. The molecule has 1 amide bonds. The van der Waals surface area contributed by atoms with Crippen molar-refractivity contribution in [1.29, 1.82) is 0 Å². The van der Waals surface area contributed by atoms with Crippen LogP contribution >= 0.6 is 0 Å². The van der Waals surface area contributed by atoms with Crippen molar-refractivity contribution < 1.29 is 58.2 Å². The number of carbonyl (C=O) groups excluding carboxylic acids is 4. The van der Waals surface area contributed by atoms with Crippen LogP contribution in [0, 0.1) is 29.6 Å². The second-order valence-electron chi connectivity index (χ2n) is 16.9. The number of aliphatic hydroxyl groups is 3. The lowest BCUT2D eigenvalue weighted by molar-refractivity contribution is -0.302. The standard InChI is InChI=1S/C42H67NO12/c1-23-16-24(2)18-35(52-8)38-36(53-9)20-27(5)42(50,55-38)39(47)40(48)43-15-11-10-12-30(43)41(49)54-37(28(6)33(46)22-32(45)25(3)17-23)26(4)19-29-13-14-31(44)34(21-29)51-7/h17,19,24-25,27-31,33-38,44,46,50H,10-16,18,20-22H2,1-9H3/b23-17-,26-19+. The Balaban J connectivity index is 1.75. The van der Waals surface area contributed by atoms with Gasteiger partial charge in [0.2, 0.25) is 5.79 Å². The molecule has 14 atom stereocenters. The number of aliphatic hydroxyl groups excluding tert-OH is 2. The molecule has 0 aromatic rings. The second kappa shape index (κ2) is 19.8. The monoisotopic (exact) mass is 777 g/mol. The maximum Gasteiger partial charge on any atom is 0.329 e. The predicted octanol–water partition coefficient (Wildman–Crippen LogP) is 4.08. The van der Waals surface area contributed by atoms with Crippen LogP contribution in [0.15, 0.2) is 23.3 Å². The van der Waals surface area contributed by atoms with Gasteiger partial charge in [-0.1, -0.05) is 45.4 Å². The summed E-state index contributed by atoms with van der Waals surface area (Å²) in [6.45, 7) is 11.1. The number of hydrogen-bond donors (Lipinski definition) is 3. The van der Waals surface area contributed by atoms with Gasteiger partial charge >= 0.3 is 5.97 Å². The average Bonchev–Trinajstić information content (AvgIpc) is 3.15. The highest BCUT2D eigenvalue weighted by Gasteiger charge is 2.56. The molecule has 55 heavy (non-hydrogen) atoms. The van der Waals surface area contributed by atoms with Gasteiger partial charge in [0, 0.05) is 52.0 Å². The highest BCUT2D eigenvalue weighted by Crippen LogP contribution is 2.39. The number of ketones is 2. The van der Waals surface area contributed by atoms with E-state index in [1.54, 1.807) is 27.9 Å². The maximum atomic E-state index is 14.2. The minimum Gasteiger partial charge on any atom is -0.456 e. The zero-order valence-corrected chi connectivity index (χ0v) is 34.4. The van der Waals surface area contributed by atoms with E-state index in [1.165, 1.54) is 19.1 Å². The molecule has 0 spiro atoms. The summed E-state index contributed by atoms with van der Waals surface area (Å²) in [6, 6.07) is -1.13. The van der Waals surface area contributed by atoms with E-state index in [0.29, 0.717) is 50.5 Å². The van der Waals surface area contributed by atoms with Crippen LogP contribution in [0.4, 0.5) is 0 Å². The van der Waals surface area contributed by atoms with Gasteiger partial charge in [0.1, 0.15) is 24.0 Å². The van der Waals surface area contributed by atoms with Crippen LogP contribution in [0.1, 0.15) is 106 Å². The largest absolute Gasteiger partial charge is 0.456 e. The number of ether oxygens (including phenoxy) is 5. The first-order valence-corrected chi connectivity index (χ1v) is 20.2. The van der Waals surface area contributed by atoms with E-state index < -0.39 is 83.9 Å². The lowest BCUT2D eigenvalue weighted by Gasteiger charge is -2.47. The van der Waals surface area contributed by atoms with Gasteiger partial charge in [-0.05, 0) is 89.0 Å². The van der Waals surface area contributed by atoms with Gasteiger partial charge in [-0.25, -0.2) is 4.79 Å². The van der Waals surface area contributed by atoms with Crippen LogP contribution < -0.4 is 0 Å². The van der Waals surface area contributed by atoms with Crippen LogP contribution in [-0.2, 0) is 42.9 Å². The van der Waals surface area contributed by atoms with E-state index in [4.69, 9.17) is 23.7 Å². The average molecular weight is 778 g/mol. The summed E-state index contributed by atoms with van der Waals surface area (Å²) in [5.74, 6) is -7.59. The van der Waals surface area contributed by atoms with Crippen LogP contribution in [-0.4, -0.2) is 126 Å². The maximum absolute atomic E-state index is 14.2. The molecule has 3 heterocycles. The summed E-state index contributed by atoms with van der Waals surface area (Å²) in [6.07, 6.45) is 3.09. The van der Waals surface area contributed by atoms with E-state index in [2.05, 4.69) is 0 Å². The minimum absolute atomic E-state index is 0.00142. The molecular weight excluding hydrogens is 710 g/mol. The SMILES string of the molecule is COC1CC(/C=C(\C)C2OC(=O)C3CCCCN3C(=O)C(=O)C3(O)OC(C(OC)CC(C)C/C(C)=C\C(C)C(=O)CC(O)C2C)C(OC)CC3C)CCC1O. The van der Waals surface area contributed by atoms with Crippen molar-refractivity contribution in [2.45, 2.75) is 160 Å². The number of methoxy groups -OCH3 is 3. The van der Waals surface area contributed by atoms with Crippen molar-refractivity contribution in [3.63, 3.8) is 0 Å². The highest BCUT2D eigenvalue weighted by molar-refractivity contribution is 6.39. The number of amides is 1. The Kier molecular flexibility index (Phi) is 16.2. The number of cyclic esters (lactones) is 1. The minimum atomic E-state index is -2.50.